The molecule has 0 spiro atoms. The number of pyridine rings is 1. The molecule has 4 heterocycles. The van der Waals surface area contributed by atoms with E-state index in [0.29, 0.717) is 30.2 Å². The van der Waals surface area contributed by atoms with E-state index in [2.05, 4.69) is 46.2 Å². The zero-order valence-electron chi connectivity index (χ0n) is 11.8. The highest BCUT2D eigenvalue weighted by molar-refractivity contribution is 5.55. The topological polar surface area (TPSA) is 146 Å². The first kappa shape index (κ1) is 13.5. The van der Waals surface area contributed by atoms with Crippen LogP contribution in [0.3, 0.4) is 0 Å². The van der Waals surface area contributed by atoms with Gasteiger partial charge in [-0.3, -0.25) is 0 Å². The van der Waals surface area contributed by atoms with Crippen molar-refractivity contribution in [3.63, 3.8) is 0 Å². The molecule has 1 unspecified atom stereocenters. The Labute approximate surface area is 128 Å². The van der Waals surface area contributed by atoms with E-state index in [4.69, 9.17) is 0 Å². The molecule has 23 heavy (non-hydrogen) atoms. The molecule has 1 atom stereocenters. The lowest BCUT2D eigenvalue weighted by molar-refractivity contribution is 0.158. The first-order chi connectivity index (χ1) is 11.3. The molecule has 0 bridgehead atoms. The molecule has 0 aliphatic heterocycles. The molecule has 0 saturated heterocycles. The maximum Gasteiger partial charge on any atom is 0.224 e. The Morgan fingerprint density at radius 2 is 1.96 bits per heavy atom. The minimum atomic E-state index is -0.748. The van der Waals surface area contributed by atoms with Crippen LogP contribution in [0.2, 0.25) is 0 Å². The summed E-state index contributed by atoms with van der Waals surface area (Å²) in [4.78, 5) is 4.43. The lowest BCUT2D eigenvalue weighted by Gasteiger charge is -2.06. The largest absolute Gasteiger partial charge is 0.385 e. The van der Waals surface area contributed by atoms with Crippen LogP contribution in [0.4, 0.5) is 0 Å². The standard InChI is InChI=1S/C12H12N10O/c23-9(12-16-20-21-17-12)3-1-7-2-4-10-13-8(6-22(10)5-7)11-14-18-19-15-11/h2,4-6,9,23H,1,3H2,(H,14,15,18,19)(H,16,17,20,21). The molecule has 4 rings (SSSR count). The van der Waals surface area contributed by atoms with E-state index >= 15 is 0 Å². The van der Waals surface area contributed by atoms with Crippen molar-refractivity contribution in [2.24, 2.45) is 0 Å². The van der Waals surface area contributed by atoms with Gasteiger partial charge in [0.05, 0.1) is 0 Å². The Kier molecular flexibility index (Phi) is 3.24. The first-order valence-electron chi connectivity index (χ1n) is 6.92. The zero-order chi connectivity index (χ0) is 15.6. The molecular formula is C12H12N10O. The number of aryl methyl sites for hydroxylation is 1. The van der Waals surface area contributed by atoms with Gasteiger partial charge in [0.1, 0.15) is 17.4 Å². The fourth-order valence-corrected chi connectivity index (χ4v) is 2.31. The predicted octanol–water partition coefficient (Wildman–Crippen LogP) is -0.306. The minimum absolute atomic E-state index is 0.299. The van der Waals surface area contributed by atoms with E-state index in [0.717, 1.165) is 11.2 Å². The summed E-state index contributed by atoms with van der Waals surface area (Å²) in [6, 6.07) is 3.87. The number of hydrogen-bond donors (Lipinski definition) is 3. The fourth-order valence-electron chi connectivity index (χ4n) is 2.31. The van der Waals surface area contributed by atoms with Gasteiger partial charge in [-0.2, -0.15) is 10.4 Å². The molecule has 0 amide bonds. The Balaban J connectivity index is 1.52. The van der Waals surface area contributed by atoms with Crippen LogP contribution < -0.4 is 0 Å². The van der Waals surface area contributed by atoms with Crippen molar-refractivity contribution in [1.82, 2.24) is 50.6 Å². The summed E-state index contributed by atoms with van der Waals surface area (Å²) < 4.78 is 1.89. The van der Waals surface area contributed by atoms with Crippen LogP contribution in [0, 0.1) is 0 Å². The SMILES string of the molecule is OC(CCc1ccc2nc(-c3nn[nH]n3)cn2c1)c1nn[nH]n1. The van der Waals surface area contributed by atoms with Crippen LogP contribution in [0.15, 0.2) is 24.5 Å². The van der Waals surface area contributed by atoms with Gasteiger partial charge < -0.3 is 9.51 Å². The summed E-state index contributed by atoms with van der Waals surface area (Å²) in [5, 5.41) is 37.1. The quantitative estimate of drug-likeness (QED) is 0.455. The van der Waals surface area contributed by atoms with Gasteiger partial charge in [-0.15, -0.1) is 20.4 Å². The first-order valence-corrected chi connectivity index (χ1v) is 6.92. The molecule has 0 radical (unpaired) electrons. The third-order valence-electron chi connectivity index (χ3n) is 3.45. The zero-order valence-corrected chi connectivity index (χ0v) is 11.8. The summed E-state index contributed by atoms with van der Waals surface area (Å²) in [5.74, 6) is 0.746. The maximum absolute atomic E-state index is 9.98. The molecule has 11 heteroatoms. The second-order valence-corrected chi connectivity index (χ2v) is 4.99. The highest BCUT2D eigenvalue weighted by atomic mass is 16.3. The van der Waals surface area contributed by atoms with Crippen LogP contribution in [0.5, 0.6) is 0 Å². The van der Waals surface area contributed by atoms with Gasteiger partial charge in [0.25, 0.3) is 0 Å². The number of aromatic amines is 2. The van der Waals surface area contributed by atoms with Crippen molar-refractivity contribution < 1.29 is 5.11 Å². The van der Waals surface area contributed by atoms with Gasteiger partial charge >= 0.3 is 0 Å². The molecule has 4 aromatic rings. The van der Waals surface area contributed by atoms with Crippen LogP contribution in [0.25, 0.3) is 17.2 Å². The molecule has 4 aromatic heterocycles. The number of aliphatic hydroxyl groups is 1. The van der Waals surface area contributed by atoms with E-state index in [1.807, 2.05) is 28.9 Å². The van der Waals surface area contributed by atoms with Crippen molar-refractivity contribution in [3.05, 3.63) is 35.9 Å². The Bertz CT molecular complexity index is 897. The van der Waals surface area contributed by atoms with Crippen molar-refractivity contribution >= 4 is 5.65 Å². The smallest absolute Gasteiger partial charge is 0.224 e. The van der Waals surface area contributed by atoms with E-state index in [9.17, 15) is 5.11 Å². The highest BCUT2D eigenvalue weighted by Gasteiger charge is 2.13. The number of H-pyrrole nitrogens is 2. The summed E-state index contributed by atoms with van der Waals surface area (Å²) in [6.07, 6.45) is 4.20. The lowest BCUT2D eigenvalue weighted by Crippen LogP contribution is -2.02. The van der Waals surface area contributed by atoms with Crippen LogP contribution in [-0.2, 0) is 6.42 Å². The Morgan fingerprint density at radius 1 is 1.09 bits per heavy atom. The van der Waals surface area contributed by atoms with Gasteiger partial charge in [-0.25, -0.2) is 4.98 Å². The van der Waals surface area contributed by atoms with Gasteiger partial charge in [-0.1, -0.05) is 11.3 Å². The highest BCUT2D eigenvalue weighted by Crippen LogP contribution is 2.18. The van der Waals surface area contributed by atoms with Gasteiger partial charge in [0.15, 0.2) is 0 Å². The molecule has 11 nitrogen and oxygen atoms in total. The normalized spacial score (nSPS) is 12.7. The molecular weight excluding hydrogens is 300 g/mol. The molecule has 0 aliphatic carbocycles. The summed E-state index contributed by atoms with van der Waals surface area (Å²) in [7, 11) is 0. The average Bonchev–Trinajstić information content (AvgIpc) is 3.32. The number of nitrogens with one attached hydrogen (secondary N) is 2. The second kappa shape index (κ2) is 5.53. The van der Waals surface area contributed by atoms with Crippen molar-refractivity contribution in [1.29, 1.82) is 0 Å². The third-order valence-corrected chi connectivity index (χ3v) is 3.45. The summed E-state index contributed by atoms with van der Waals surface area (Å²) in [5.41, 5.74) is 2.48. The molecule has 3 N–H and O–H groups in total. The van der Waals surface area contributed by atoms with E-state index in [1.54, 1.807) is 0 Å². The number of aliphatic hydroxyl groups excluding tert-OH is 1. The lowest BCUT2D eigenvalue weighted by atomic mass is 10.1. The van der Waals surface area contributed by atoms with Crippen LogP contribution >= 0.6 is 0 Å². The van der Waals surface area contributed by atoms with Crippen molar-refractivity contribution in [3.8, 4) is 11.5 Å². The van der Waals surface area contributed by atoms with E-state index < -0.39 is 6.10 Å². The Morgan fingerprint density at radius 3 is 2.74 bits per heavy atom. The number of tetrazole rings is 2. The average molecular weight is 312 g/mol. The number of rotatable bonds is 5. The van der Waals surface area contributed by atoms with Crippen LogP contribution in [-0.4, -0.2) is 55.7 Å². The third kappa shape index (κ3) is 2.64. The van der Waals surface area contributed by atoms with Crippen molar-refractivity contribution in [2.45, 2.75) is 18.9 Å². The number of aromatic nitrogens is 10. The minimum Gasteiger partial charge on any atom is -0.385 e. The molecule has 0 aliphatic rings. The van der Waals surface area contributed by atoms with Gasteiger partial charge in [0.2, 0.25) is 11.6 Å². The second-order valence-electron chi connectivity index (χ2n) is 4.99. The maximum atomic E-state index is 9.98. The number of imidazole rings is 1. The molecule has 116 valence electrons. The number of hydrogen-bond acceptors (Lipinski definition) is 8. The molecule has 0 saturated carbocycles. The molecule has 0 fully saturated rings. The van der Waals surface area contributed by atoms with Gasteiger partial charge in [0, 0.05) is 12.4 Å². The Hall–Kier alpha value is -3.21. The summed E-state index contributed by atoms with van der Waals surface area (Å²) in [6.45, 7) is 0. The fraction of sp³-hybridized carbons (Fsp3) is 0.250. The van der Waals surface area contributed by atoms with Crippen LogP contribution in [0.1, 0.15) is 23.9 Å². The van der Waals surface area contributed by atoms with Gasteiger partial charge in [-0.05, 0) is 29.7 Å². The summed E-state index contributed by atoms with van der Waals surface area (Å²) >= 11 is 0. The number of nitrogens with zero attached hydrogens (tertiary/aromatic N) is 8. The van der Waals surface area contributed by atoms with E-state index in [1.165, 1.54) is 0 Å². The van der Waals surface area contributed by atoms with Crippen molar-refractivity contribution in [2.75, 3.05) is 0 Å². The number of fused-ring (bicyclic) bond motifs is 1. The molecule has 0 aromatic carbocycles. The monoisotopic (exact) mass is 312 g/mol. The van der Waals surface area contributed by atoms with E-state index in [-0.39, 0.29) is 0 Å². The predicted molar refractivity (Wildman–Crippen MR) is 75.8 cm³/mol.